The van der Waals surface area contributed by atoms with Crippen LogP contribution in [0.2, 0.25) is 0 Å². The van der Waals surface area contributed by atoms with E-state index < -0.39 is 0 Å². The van der Waals surface area contributed by atoms with E-state index in [0.29, 0.717) is 6.42 Å². The van der Waals surface area contributed by atoms with E-state index in [-0.39, 0.29) is 11.4 Å². The van der Waals surface area contributed by atoms with Gasteiger partial charge in [0, 0.05) is 11.8 Å². The number of benzene rings is 1. The second-order valence-electron chi connectivity index (χ2n) is 5.69. The molecule has 0 radical (unpaired) electrons. The van der Waals surface area contributed by atoms with Crippen LogP contribution in [0.1, 0.15) is 36.0 Å². The maximum atomic E-state index is 11.4. The first kappa shape index (κ1) is 12.7. The molecule has 2 aliphatic rings. The van der Waals surface area contributed by atoms with Crippen molar-refractivity contribution in [3.8, 4) is 0 Å². The number of aryl methyl sites for hydroxylation is 2. The van der Waals surface area contributed by atoms with Crippen LogP contribution >= 0.6 is 0 Å². The van der Waals surface area contributed by atoms with Gasteiger partial charge in [-0.25, -0.2) is 0 Å². The lowest BCUT2D eigenvalue weighted by atomic mass is 9.74. The van der Waals surface area contributed by atoms with Crippen molar-refractivity contribution in [1.82, 2.24) is 0 Å². The normalized spacial score (nSPS) is 19.6. The zero-order valence-electron chi connectivity index (χ0n) is 11.4. The van der Waals surface area contributed by atoms with Crippen LogP contribution in [0, 0.1) is 0 Å². The van der Waals surface area contributed by atoms with Gasteiger partial charge in [0.2, 0.25) is 0 Å². The molecule has 1 saturated heterocycles. The van der Waals surface area contributed by atoms with Gasteiger partial charge in [-0.15, -0.1) is 0 Å². The van der Waals surface area contributed by atoms with E-state index in [2.05, 4.69) is 18.2 Å². The van der Waals surface area contributed by atoms with E-state index in [1.54, 1.807) is 0 Å². The minimum atomic E-state index is -0.132. The topological polar surface area (TPSA) is 35.5 Å². The molecule has 19 heavy (non-hydrogen) atoms. The molecule has 0 amide bonds. The molecule has 1 fully saturated rings. The Labute approximate surface area is 113 Å². The third-order valence-electron chi connectivity index (χ3n) is 4.50. The highest BCUT2D eigenvalue weighted by Gasteiger charge is 2.40. The fourth-order valence-corrected chi connectivity index (χ4v) is 3.15. The van der Waals surface area contributed by atoms with E-state index >= 15 is 0 Å². The fourth-order valence-electron chi connectivity index (χ4n) is 3.15. The molecular formula is C16H20O3. The summed E-state index contributed by atoms with van der Waals surface area (Å²) in [7, 11) is 1.45. The van der Waals surface area contributed by atoms with Gasteiger partial charge in [-0.2, -0.15) is 0 Å². The Bertz CT molecular complexity index is 489. The fraction of sp³-hybridized carbons (Fsp3) is 0.562. The van der Waals surface area contributed by atoms with E-state index in [1.165, 1.54) is 43.1 Å². The molecule has 0 N–H and O–H groups in total. The van der Waals surface area contributed by atoms with Gasteiger partial charge >= 0.3 is 5.97 Å². The average molecular weight is 260 g/mol. The summed E-state index contributed by atoms with van der Waals surface area (Å²) in [6, 6.07) is 6.82. The maximum absolute atomic E-state index is 11.4. The molecule has 1 aliphatic carbocycles. The molecule has 3 nitrogen and oxygen atoms in total. The molecule has 1 aliphatic heterocycles. The van der Waals surface area contributed by atoms with Crippen LogP contribution in [0.3, 0.4) is 0 Å². The number of hydrogen-bond donors (Lipinski definition) is 0. The van der Waals surface area contributed by atoms with E-state index in [9.17, 15) is 4.79 Å². The number of rotatable bonds is 4. The molecule has 0 bridgehead atoms. The van der Waals surface area contributed by atoms with Gasteiger partial charge in [-0.3, -0.25) is 4.79 Å². The molecule has 0 atom stereocenters. The van der Waals surface area contributed by atoms with E-state index in [0.717, 1.165) is 19.6 Å². The van der Waals surface area contributed by atoms with Crippen molar-refractivity contribution in [2.45, 2.75) is 37.5 Å². The minimum Gasteiger partial charge on any atom is -0.469 e. The van der Waals surface area contributed by atoms with Gasteiger partial charge in [0.05, 0.1) is 20.3 Å². The van der Waals surface area contributed by atoms with Crippen molar-refractivity contribution >= 4 is 5.97 Å². The van der Waals surface area contributed by atoms with Gasteiger partial charge in [0.15, 0.2) is 0 Å². The molecule has 102 valence electrons. The number of ether oxygens (including phenoxy) is 2. The van der Waals surface area contributed by atoms with Crippen LogP contribution in [-0.4, -0.2) is 26.3 Å². The predicted molar refractivity (Wildman–Crippen MR) is 72.2 cm³/mol. The van der Waals surface area contributed by atoms with Crippen molar-refractivity contribution in [3.05, 3.63) is 34.9 Å². The Balaban J connectivity index is 1.79. The second kappa shape index (κ2) is 4.97. The Morgan fingerprint density at radius 2 is 2.11 bits per heavy atom. The van der Waals surface area contributed by atoms with E-state index in [4.69, 9.17) is 9.47 Å². The largest absolute Gasteiger partial charge is 0.469 e. The standard InChI is InChI=1S/C16H20O3/c1-18-15(17)7-8-16(10-19-11-16)14-6-5-12-3-2-4-13(12)9-14/h5-6,9H,2-4,7-8,10-11H2,1H3. The summed E-state index contributed by atoms with van der Waals surface area (Å²) >= 11 is 0. The molecule has 0 aromatic heterocycles. The minimum absolute atomic E-state index is 0.0335. The van der Waals surface area contributed by atoms with Crippen molar-refractivity contribution < 1.29 is 14.3 Å². The number of carbonyl (C=O) groups excluding carboxylic acids is 1. The third kappa shape index (κ3) is 2.27. The third-order valence-corrected chi connectivity index (χ3v) is 4.50. The SMILES string of the molecule is COC(=O)CCC1(c2ccc3c(c2)CCC3)COC1. The monoisotopic (exact) mass is 260 g/mol. The molecule has 1 heterocycles. The van der Waals surface area contributed by atoms with Crippen LogP contribution in [0.15, 0.2) is 18.2 Å². The lowest BCUT2D eigenvalue weighted by Crippen LogP contribution is -2.47. The van der Waals surface area contributed by atoms with Crippen LogP contribution in [-0.2, 0) is 32.5 Å². The molecule has 3 heteroatoms. The summed E-state index contributed by atoms with van der Waals surface area (Å²) in [5, 5.41) is 0. The van der Waals surface area contributed by atoms with Gasteiger partial charge in [-0.1, -0.05) is 18.2 Å². The molecule has 0 spiro atoms. The molecule has 0 unspecified atom stereocenters. The van der Waals surface area contributed by atoms with Gasteiger partial charge in [0.1, 0.15) is 0 Å². The zero-order valence-corrected chi connectivity index (χ0v) is 11.4. The molecule has 0 saturated carbocycles. The summed E-state index contributed by atoms with van der Waals surface area (Å²) in [6.07, 6.45) is 4.96. The van der Waals surface area contributed by atoms with Crippen molar-refractivity contribution in [1.29, 1.82) is 0 Å². The summed E-state index contributed by atoms with van der Waals surface area (Å²) in [5.74, 6) is -0.132. The highest BCUT2D eigenvalue weighted by atomic mass is 16.5. The molecule has 3 rings (SSSR count). The lowest BCUT2D eigenvalue weighted by molar-refractivity contribution is -0.142. The quantitative estimate of drug-likeness (QED) is 0.780. The van der Waals surface area contributed by atoms with Crippen LogP contribution < -0.4 is 0 Å². The Kier molecular flexibility index (Phi) is 3.31. The van der Waals surface area contributed by atoms with Crippen LogP contribution in [0.25, 0.3) is 0 Å². The number of carbonyl (C=O) groups is 1. The number of hydrogen-bond acceptors (Lipinski definition) is 3. The Morgan fingerprint density at radius 1 is 1.32 bits per heavy atom. The van der Waals surface area contributed by atoms with Crippen molar-refractivity contribution in [3.63, 3.8) is 0 Å². The van der Waals surface area contributed by atoms with Gasteiger partial charge in [0.25, 0.3) is 0 Å². The Hall–Kier alpha value is -1.35. The van der Waals surface area contributed by atoms with Gasteiger partial charge < -0.3 is 9.47 Å². The van der Waals surface area contributed by atoms with Crippen molar-refractivity contribution in [2.24, 2.45) is 0 Å². The van der Waals surface area contributed by atoms with E-state index in [1.807, 2.05) is 0 Å². The summed E-state index contributed by atoms with van der Waals surface area (Å²) < 4.78 is 10.2. The van der Waals surface area contributed by atoms with Crippen LogP contribution in [0.4, 0.5) is 0 Å². The van der Waals surface area contributed by atoms with Crippen molar-refractivity contribution in [2.75, 3.05) is 20.3 Å². The summed E-state index contributed by atoms with van der Waals surface area (Å²) in [4.78, 5) is 11.4. The second-order valence-corrected chi connectivity index (χ2v) is 5.69. The lowest BCUT2D eigenvalue weighted by Gasteiger charge is -2.42. The first-order chi connectivity index (χ1) is 9.23. The van der Waals surface area contributed by atoms with Gasteiger partial charge in [-0.05, 0) is 42.4 Å². The summed E-state index contributed by atoms with van der Waals surface area (Å²) in [6.45, 7) is 1.45. The van der Waals surface area contributed by atoms with Crippen LogP contribution in [0.5, 0.6) is 0 Å². The molecule has 1 aromatic carbocycles. The number of methoxy groups -OCH3 is 1. The maximum Gasteiger partial charge on any atom is 0.305 e. The average Bonchev–Trinajstić information content (AvgIpc) is 2.84. The highest BCUT2D eigenvalue weighted by molar-refractivity contribution is 5.69. The number of fused-ring (bicyclic) bond motifs is 1. The Morgan fingerprint density at radius 3 is 2.79 bits per heavy atom. The molecule has 1 aromatic rings. The predicted octanol–water partition coefficient (Wildman–Crippen LogP) is 2.40. The summed E-state index contributed by atoms with van der Waals surface area (Å²) in [5.41, 5.74) is 4.35. The molecular weight excluding hydrogens is 240 g/mol. The first-order valence-electron chi connectivity index (χ1n) is 7.00. The zero-order chi connectivity index (χ0) is 13.3. The highest BCUT2D eigenvalue weighted by Crippen LogP contribution is 2.38. The smallest absolute Gasteiger partial charge is 0.305 e. The number of esters is 1. The first-order valence-corrected chi connectivity index (χ1v) is 7.00.